The minimum Gasteiger partial charge on any atom is -0.462 e. The van der Waals surface area contributed by atoms with Crippen LogP contribution in [0.5, 0.6) is 0 Å². The molecule has 0 aliphatic rings. The van der Waals surface area contributed by atoms with E-state index in [0.29, 0.717) is 31.6 Å². The summed E-state index contributed by atoms with van der Waals surface area (Å²) >= 11 is 0. The van der Waals surface area contributed by atoms with Crippen molar-refractivity contribution in [2.24, 2.45) is 5.92 Å². The maximum absolute atomic E-state index is 12.5. The van der Waals surface area contributed by atoms with Crippen molar-refractivity contribution in [1.82, 2.24) is 10.3 Å². The number of rotatable bonds is 11. The first-order valence-corrected chi connectivity index (χ1v) is 10.7. The molecule has 0 fully saturated rings. The highest BCUT2D eigenvalue weighted by atomic mass is 16.5. The van der Waals surface area contributed by atoms with Crippen LogP contribution in [0, 0.1) is 5.92 Å². The fourth-order valence-electron chi connectivity index (χ4n) is 3.65. The minimum absolute atomic E-state index is 0.0477. The number of para-hydroxylation sites is 1. The second kappa shape index (κ2) is 11.2. The second-order valence-corrected chi connectivity index (χ2v) is 7.50. The van der Waals surface area contributed by atoms with Gasteiger partial charge in [-0.2, -0.15) is 0 Å². The number of hydrogen-bond donors (Lipinski definition) is 2. The molecule has 158 valence electrons. The average molecular weight is 407 g/mol. The molecule has 1 amide bonds. The fourth-order valence-corrected chi connectivity index (χ4v) is 3.65. The molecule has 3 rings (SSSR count). The van der Waals surface area contributed by atoms with E-state index in [9.17, 15) is 9.59 Å². The van der Waals surface area contributed by atoms with Crippen LogP contribution >= 0.6 is 0 Å². The molecule has 0 radical (unpaired) electrons. The van der Waals surface area contributed by atoms with Crippen LogP contribution in [0.3, 0.4) is 0 Å². The SMILES string of the molecule is CCC(CCCOC(=O)c1ccccc1)C(=O)NCCCc1c[nH]c2ccccc12. The number of esters is 1. The van der Waals surface area contributed by atoms with Crippen LogP contribution in [0.1, 0.15) is 48.5 Å². The third-order valence-corrected chi connectivity index (χ3v) is 5.40. The Kier molecular flexibility index (Phi) is 8.07. The largest absolute Gasteiger partial charge is 0.462 e. The monoisotopic (exact) mass is 406 g/mol. The van der Waals surface area contributed by atoms with Gasteiger partial charge in [-0.3, -0.25) is 4.79 Å². The summed E-state index contributed by atoms with van der Waals surface area (Å²) in [5, 5.41) is 4.31. The number of fused-ring (bicyclic) bond motifs is 1. The number of aryl methyl sites for hydroxylation is 1. The lowest BCUT2D eigenvalue weighted by Crippen LogP contribution is -2.31. The molecule has 1 atom stereocenters. The van der Waals surface area contributed by atoms with Crippen LogP contribution in [-0.2, 0) is 16.0 Å². The molecule has 5 heteroatoms. The van der Waals surface area contributed by atoms with E-state index in [1.165, 1.54) is 10.9 Å². The summed E-state index contributed by atoms with van der Waals surface area (Å²) in [6, 6.07) is 17.2. The maximum atomic E-state index is 12.5. The van der Waals surface area contributed by atoms with Crippen molar-refractivity contribution in [2.45, 2.75) is 39.0 Å². The van der Waals surface area contributed by atoms with Gasteiger partial charge in [-0.05, 0) is 55.9 Å². The highest BCUT2D eigenvalue weighted by Gasteiger charge is 2.16. The molecule has 2 aromatic carbocycles. The summed E-state index contributed by atoms with van der Waals surface area (Å²) in [6.45, 7) is 3.02. The topological polar surface area (TPSA) is 71.2 Å². The van der Waals surface area contributed by atoms with E-state index in [1.807, 2.05) is 37.3 Å². The number of ether oxygens (including phenoxy) is 1. The van der Waals surface area contributed by atoms with Gasteiger partial charge < -0.3 is 15.0 Å². The maximum Gasteiger partial charge on any atom is 0.338 e. The predicted octanol–water partition coefficient (Wildman–Crippen LogP) is 4.88. The Morgan fingerprint density at radius 3 is 2.60 bits per heavy atom. The highest BCUT2D eigenvalue weighted by Crippen LogP contribution is 2.19. The second-order valence-electron chi connectivity index (χ2n) is 7.50. The van der Waals surface area contributed by atoms with Crippen LogP contribution in [0.15, 0.2) is 60.8 Å². The summed E-state index contributed by atoms with van der Waals surface area (Å²) in [5.74, 6) is -0.273. The van der Waals surface area contributed by atoms with Crippen molar-refractivity contribution < 1.29 is 14.3 Å². The normalized spacial score (nSPS) is 11.9. The molecular weight excluding hydrogens is 376 g/mol. The van der Waals surface area contributed by atoms with Gasteiger partial charge >= 0.3 is 5.97 Å². The Morgan fingerprint density at radius 2 is 1.80 bits per heavy atom. The van der Waals surface area contributed by atoms with Gasteiger partial charge in [0.25, 0.3) is 0 Å². The quantitative estimate of drug-likeness (QED) is 0.352. The predicted molar refractivity (Wildman–Crippen MR) is 119 cm³/mol. The Balaban J connectivity index is 1.33. The molecule has 0 bridgehead atoms. The standard InChI is InChI=1S/C25H30N2O3/c1-2-19(13-9-17-30-25(29)20-10-4-3-5-11-20)24(28)26-16-8-12-21-18-27-23-15-7-6-14-22(21)23/h3-7,10-11,14-15,18-19,27H,2,8-9,12-13,16-17H2,1H3,(H,26,28). The van der Waals surface area contributed by atoms with Gasteiger partial charge in [0.1, 0.15) is 0 Å². The van der Waals surface area contributed by atoms with Gasteiger partial charge in [0.15, 0.2) is 0 Å². The van der Waals surface area contributed by atoms with Crippen molar-refractivity contribution in [1.29, 1.82) is 0 Å². The van der Waals surface area contributed by atoms with E-state index < -0.39 is 0 Å². The molecule has 0 spiro atoms. The van der Waals surface area contributed by atoms with Crippen molar-refractivity contribution >= 4 is 22.8 Å². The van der Waals surface area contributed by atoms with Gasteiger partial charge in [0, 0.05) is 29.6 Å². The molecule has 0 aliphatic heterocycles. The molecular formula is C25H30N2O3. The molecule has 1 aromatic heterocycles. The molecule has 2 N–H and O–H groups in total. The fraction of sp³-hybridized carbons (Fsp3) is 0.360. The molecule has 0 saturated carbocycles. The van der Waals surface area contributed by atoms with Crippen molar-refractivity contribution in [2.75, 3.05) is 13.2 Å². The Hall–Kier alpha value is -3.08. The number of aromatic nitrogens is 1. The van der Waals surface area contributed by atoms with Crippen molar-refractivity contribution in [3.63, 3.8) is 0 Å². The first-order valence-electron chi connectivity index (χ1n) is 10.7. The van der Waals surface area contributed by atoms with Crippen LogP contribution in [-0.4, -0.2) is 30.0 Å². The van der Waals surface area contributed by atoms with Crippen molar-refractivity contribution in [3.8, 4) is 0 Å². The summed E-state index contributed by atoms with van der Waals surface area (Å²) < 4.78 is 5.30. The van der Waals surface area contributed by atoms with E-state index in [4.69, 9.17) is 4.74 Å². The number of amides is 1. The van der Waals surface area contributed by atoms with Gasteiger partial charge in [-0.25, -0.2) is 4.79 Å². The third-order valence-electron chi connectivity index (χ3n) is 5.40. The smallest absolute Gasteiger partial charge is 0.338 e. The number of carbonyl (C=O) groups is 2. The summed E-state index contributed by atoms with van der Waals surface area (Å²) in [7, 11) is 0. The molecule has 5 nitrogen and oxygen atoms in total. The van der Waals surface area contributed by atoms with Crippen LogP contribution in [0.25, 0.3) is 10.9 Å². The zero-order valence-corrected chi connectivity index (χ0v) is 17.5. The molecule has 30 heavy (non-hydrogen) atoms. The number of aromatic amines is 1. The first kappa shape index (κ1) is 21.6. The van der Waals surface area contributed by atoms with Crippen molar-refractivity contribution in [3.05, 3.63) is 71.9 Å². The van der Waals surface area contributed by atoms with Crippen LogP contribution in [0.4, 0.5) is 0 Å². The van der Waals surface area contributed by atoms with Gasteiger partial charge in [-0.15, -0.1) is 0 Å². The highest BCUT2D eigenvalue weighted by molar-refractivity contribution is 5.89. The van der Waals surface area contributed by atoms with E-state index in [1.54, 1.807) is 12.1 Å². The van der Waals surface area contributed by atoms with E-state index in [-0.39, 0.29) is 17.8 Å². The summed E-state index contributed by atoms with van der Waals surface area (Å²) in [4.78, 5) is 27.7. The van der Waals surface area contributed by atoms with Crippen LogP contribution < -0.4 is 5.32 Å². The molecule has 1 unspecified atom stereocenters. The van der Waals surface area contributed by atoms with Gasteiger partial charge in [0.2, 0.25) is 5.91 Å². The van der Waals surface area contributed by atoms with Crippen LogP contribution in [0.2, 0.25) is 0 Å². The minimum atomic E-state index is -0.314. The lowest BCUT2D eigenvalue weighted by molar-refractivity contribution is -0.125. The van der Waals surface area contributed by atoms with E-state index >= 15 is 0 Å². The Morgan fingerprint density at radius 1 is 1.03 bits per heavy atom. The molecule has 3 aromatic rings. The summed E-state index contributed by atoms with van der Waals surface area (Å²) in [6.07, 6.45) is 6.06. The first-order chi connectivity index (χ1) is 14.7. The molecule has 1 heterocycles. The molecule has 0 saturated heterocycles. The number of H-pyrrole nitrogens is 1. The zero-order chi connectivity index (χ0) is 21.2. The lowest BCUT2D eigenvalue weighted by Gasteiger charge is -2.15. The van der Waals surface area contributed by atoms with Gasteiger partial charge in [0.05, 0.1) is 12.2 Å². The lowest BCUT2D eigenvalue weighted by atomic mass is 9.99. The summed E-state index contributed by atoms with van der Waals surface area (Å²) in [5.41, 5.74) is 2.99. The van der Waals surface area contributed by atoms with Gasteiger partial charge in [-0.1, -0.05) is 43.3 Å². The third kappa shape index (κ3) is 5.96. The van der Waals surface area contributed by atoms with E-state index in [0.717, 1.165) is 24.8 Å². The number of hydrogen-bond acceptors (Lipinski definition) is 3. The number of benzene rings is 2. The molecule has 0 aliphatic carbocycles. The number of nitrogens with one attached hydrogen (secondary N) is 2. The zero-order valence-electron chi connectivity index (χ0n) is 17.5. The number of carbonyl (C=O) groups excluding carboxylic acids is 2. The average Bonchev–Trinajstić information content (AvgIpc) is 3.20. The van der Waals surface area contributed by atoms with E-state index in [2.05, 4.69) is 28.6 Å². The Bertz CT molecular complexity index is 949. The Labute approximate surface area is 177 Å².